The zero-order valence-corrected chi connectivity index (χ0v) is 18.5. The molecule has 1 N–H and O–H groups in total. The number of carbonyl (C=O) groups excluding carboxylic acids is 1. The van der Waals surface area contributed by atoms with Crippen LogP contribution in [0.2, 0.25) is 0 Å². The molecule has 0 saturated carbocycles. The fourth-order valence-corrected chi connectivity index (χ4v) is 5.09. The van der Waals surface area contributed by atoms with E-state index in [1.54, 1.807) is 0 Å². The van der Waals surface area contributed by atoms with E-state index in [1.807, 2.05) is 78.9 Å². The van der Waals surface area contributed by atoms with Crippen molar-refractivity contribution in [2.24, 2.45) is 4.52 Å². The van der Waals surface area contributed by atoms with Gasteiger partial charge >= 0.3 is 6.09 Å². The largest absolute Gasteiger partial charge is 0.449 e. The maximum atomic E-state index is 12.6. The number of amides is 1. The first-order valence-electron chi connectivity index (χ1n) is 10.4. The van der Waals surface area contributed by atoms with Gasteiger partial charge in [0.15, 0.2) is 0 Å². The maximum Gasteiger partial charge on any atom is 0.407 e. The number of azide groups is 1. The molecule has 9 heteroatoms. The van der Waals surface area contributed by atoms with E-state index in [0.29, 0.717) is 0 Å². The minimum absolute atomic E-state index is 0.109. The smallest absolute Gasteiger partial charge is 0.407 e. The number of nitrogens with one attached hydrogen (secondary N) is 1. The Morgan fingerprint density at radius 3 is 2.15 bits per heavy atom. The molecule has 0 aliphatic heterocycles. The van der Waals surface area contributed by atoms with Gasteiger partial charge in [-0.15, -0.1) is 0 Å². The highest BCUT2D eigenvalue weighted by atomic mass is 32.2. The molecule has 33 heavy (non-hydrogen) atoms. The quantitative estimate of drug-likeness (QED) is 0.294. The molecule has 3 aromatic rings. The third-order valence-electron chi connectivity index (χ3n) is 5.56. The number of carbonyl (C=O) groups is 1. The van der Waals surface area contributed by atoms with E-state index >= 15 is 0 Å². The Morgan fingerprint density at radius 1 is 0.970 bits per heavy atom. The van der Waals surface area contributed by atoms with Crippen molar-refractivity contribution in [1.82, 2.24) is 5.32 Å². The summed E-state index contributed by atoms with van der Waals surface area (Å²) in [5.74, 6) is -0.640. The number of benzene rings is 3. The Hall–Kier alpha value is -3.81. The predicted octanol–water partition coefficient (Wildman–Crippen LogP) is 4.78. The van der Waals surface area contributed by atoms with Gasteiger partial charge in [-0.3, -0.25) is 0 Å². The summed E-state index contributed by atoms with van der Waals surface area (Å²) in [5, 5.41) is 2.63. The van der Waals surface area contributed by atoms with Crippen molar-refractivity contribution < 1.29 is 17.9 Å². The average Bonchev–Trinajstić information content (AvgIpc) is 3.12. The molecule has 1 atom stereocenters. The van der Waals surface area contributed by atoms with Crippen LogP contribution in [-0.4, -0.2) is 32.9 Å². The molecule has 4 rings (SSSR count). The standard InChI is InChI=1S/C24H22N4O4S/c25-27-28-33(30,31)16-18(14-17-8-2-1-3-9-17)26-24(29)32-15-23-21-12-6-4-10-19(21)20-11-5-7-13-22(20)23/h1-13,18,23H,14-16H2,(H,26,29)/t18-/m0/s1. The van der Waals surface area contributed by atoms with Crippen LogP contribution >= 0.6 is 0 Å². The van der Waals surface area contributed by atoms with E-state index in [-0.39, 0.29) is 18.9 Å². The molecular weight excluding hydrogens is 440 g/mol. The van der Waals surface area contributed by atoms with Crippen molar-refractivity contribution >= 4 is 16.1 Å². The maximum absolute atomic E-state index is 12.6. The van der Waals surface area contributed by atoms with Gasteiger partial charge in [-0.2, -0.15) is 0 Å². The molecule has 0 radical (unpaired) electrons. The highest BCUT2D eigenvalue weighted by molar-refractivity contribution is 7.90. The van der Waals surface area contributed by atoms with Crippen LogP contribution in [0, 0.1) is 0 Å². The van der Waals surface area contributed by atoms with Gasteiger partial charge in [-0.25, -0.2) is 13.2 Å². The summed E-state index contributed by atoms with van der Waals surface area (Å²) in [6.07, 6.45) is -0.487. The van der Waals surface area contributed by atoms with Crippen LogP contribution in [-0.2, 0) is 21.2 Å². The van der Waals surface area contributed by atoms with E-state index in [4.69, 9.17) is 10.3 Å². The van der Waals surface area contributed by atoms with Crippen LogP contribution in [0.15, 0.2) is 83.4 Å². The fourth-order valence-electron chi connectivity index (χ4n) is 4.20. The van der Waals surface area contributed by atoms with Gasteiger partial charge in [0.25, 0.3) is 0 Å². The third-order valence-corrected chi connectivity index (χ3v) is 6.71. The summed E-state index contributed by atoms with van der Waals surface area (Å²) < 4.78 is 32.5. The SMILES string of the molecule is [N-]=[N+]=NS(=O)(=O)C[C@H](Cc1ccccc1)NC(=O)OCC1c2ccccc2-c2ccccc21. The molecule has 0 bridgehead atoms. The lowest BCUT2D eigenvalue weighted by Gasteiger charge is -2.19. The lowest BCUT2D eigenvalue weighted by molar-refractivity contribution is 0.140. The van der Waals surface area contributed by atoms with Crippen LogP contribution in [0.4, 0.5) is 4.79 Å². The van der Waals surface area contributed by atoms with Crippen LogP contribution in [0.5, 0.6) is 0 Å². The van der Waals surface area contributed by atoms with Gasteiger partial charge in [0.05, 0.1) is 11.8 Å². The number of hydrogen-bond acceptors (Lipinski definition) is 4. The van der Waals surface area contributed by atoms with Gasteiger partial charge in [0.2, 0.25) is 10.0 Å². The first kappa shape index (κ1) is 22.4. The van der Waals surface area contributed by atoms with Crippen LogP contribution in [0.3, 0.4) is 0 Å². The Labute approximate surface area is 191 Å². The Balaban J connectivity index is 1.47. The summed E-state index contributed by atoms with van der Waals surface area (Å²) in [6.45, 7) is 0.112. The van der Waals surface area contributed by atoms with Crippen molar-refractivity contribution in [3.05, 3.63) is 106 Å². The lowest BCUT2D eigenvalue weighted by atomic mass is 9.98. The summed E-state index contributed by atoms with van der Waals surface area (Å²) in [4.78, 5) is 15.0. The van der Waals surface area contributed by atoms with Crippen LogP contribution in [0.25, 0.3) is 21.6 Å². The van der Waals surface area contributed by atoms with Gasteiger partial charge in [0, 0.05) is 15.3 Å². The molecule has 0 fully saturated rings. The monoisotopic (exact) mass is 462 g/mol. The zero-order chi connectivity index (χ0) is 23.3. The van der Waals surface area contributed by atoms with E-state index in [1.165, 1.54) is 0 Å². The van der Waals surface area contributed by atoms with Crippen molar-refractivity contribution in [3.8, 4) is 11.1 Å². The van der Waals surface area contributed by atoms with Crippen LogP contribution in [0.1, 0.15) is 22.6 Å². The van der Waals surface area contributed by atoms with Crippen molar-refractivity contribution in [3.63, 3.8) is 0 Å². The summed E-state index contributed by atoms with van der Waals surface area (Å²) in [6, 6.07) is 24.3. The Bertz CT molecular complexity index is 1260. The molecule has 0 spiro atoms. The topological polar surface area (TPSA) is 121 Å². The van der Waals surface area contributed by atoms with E-state index in [2.05, 4.69) is 14.7 Å². The minimum atomic E-state index is -4.07. The average molecular weight is 463 g/mol. The molecule has 1 aliphatic carbocycles. The number of rotatable bonds is 8. The molecule has 3 aromatic carbocycles. The van der Waals surface area contributed by atoms with Gasteiger partial charge in [-0.05, 0) is 39.8 Å². The summed E-state index contributed by atoms with van der Waals surface area (Å²) in [5.41, 5.74) is 13.7. The highest BCUT2D eigenvalue weighted by Crippen LogP contribution is 2.44. The molecule has 0 heterocycles. The number of fused-ring (bicyclic) bond motifs is 3. The second-order valence-electron chi connectivity index (χ2n) is 7.78. The van der Waals surface area contributed by atoms with Crippen molar-refractivity contribution in [2.75, 3.05) is 12.4 Å². The van der Waals surface area contributed by atoms with Gasteiger partial charge in [-0.1, -0.05) is 78.9 Å². The number of hydrogen-bond donors (Lipinski definition) is 1. The molecular formula is C24H22N4O4S. The van der Waals surface area contributed by atoms with Gasteiger partial charge in [0.1, 0.15) is 6.61 Å². The van der Waals surface area contributed by atoms with Crippen molar-refractivity contribution in [2.45, 2.75) is 18.4 Å². The minimum Gasteiger partial charge on any atom is -0.449 e. The second-order valence-corrected chi connectivity index (χ2v) is 9.44. The zero-order valence-electron chi connectivity index (χ0n) is 17.7. The number of sulfonamides is 1. The molecule has 0 aromatic heterocycles. The summed E-state index contributed by atoms with van der Waals surface area (Å²) >= 11 is 0. The highest BCUT2D eigenvalue weighted by Gasteiger charge is 2.29. The predicted molar refractivity (Wildman–Crippen MR) is 125 cm³/mol. The fraction of sp³-hybridized carbons (Fsp3) is 0.208. The summed E-state index contributed by atoms with van der Waals surface area (Å²) in [7, 11) is -4.07. The normalized spacial score (nSPS) is 13.3. The molecule has 0 saturated heterocycles. The number of ether oxygens (including phenoxy) is 1. The lowest BCUT2D eigenvalue weighted by Crippen LogP contribution is -2.41. The van der Waals surface area contributed by atoms with Crippen LogP contribution < -0.4 is 5.32 Å². The van der Waals surface area contributed by atoms with E-state index in [0.717, 1.165) is 27.8 Å². The number of alkyl carbamates (subject to hydrolysis) is 1. The third kappa shape index (κ3) is 5.34. The Kier molecular flexibility index (Phi) is 6.63. The first-order valence-corrected chi connectivity index (χ1v) is 12.0. The first-order chi connectivity index (χ1) is 16.0. The van der Waals surface area contributed by atoms with Crippen molar-refractivity contribution in [1.29, 1.82) is 0 Å². The molecule has 168 valence electrons. The molecule has 0 unspecified atom stereocenters. The number of nitrogens with zero attached hydrogens (tertiary/aromatic N) is 3. The van der Waals surface area contributed by atoms with E-state index < -0.39 is 27.9 Å². The Morgan fingerprint density at radius 2 is 1.55 bits per heavy atom. The van der Waals surface area contributed by atoms with E-state index in [9.17, 15) is 13.2 Å². The molecule has 1 amide bonds. The second kappa shape index (κ2) is 9.77. The molecule has 8 nitrogen and oxygen atoms in total. The molecule has 1 aliphatic rings. The van der Waals surface area contributed by atoms with Gasteiger partial charge < -0.3 is 10.1 Å².